The predicted molar refractivity (Wildman–Crippen MR) is 99.6 cm³/mol. The molecule has 0 bridgehead atoms. The molecule has 0 fully saturated rings. The summed E-state index contributed by atoms with van der Waals surface area (Å²) in [5, 5.41) is 0. The molecular weight excluding hydrogens is 328 g/mol. The molecule has 0 aliphatic rings. The fourth-order valence-electron chi connectivity index (χ4n) is 2.35. The molecular formula is C18H30O3S2. The number of hydrogen-bond acceptors (Lipinski definition) is 4. The number of thioether (sulfide) groups is 1. The van der Waals surface area contributed by atoms with E-state index < -0.39 is 10.1 Å². The first kappa shape index (κ1) is 20.5. The van der Waals surface area contributed by atoms with Crippen LogP contribution in [-0.2, 0) is 14.3 Å². The third-order valence-electron chi connectivity index (χ3n) is 3.79. The molecule has 0 radical (unpaired) electrons. The largest absolute Gasteiger partial charge is 0.296 e. The smallest absolute Gasteiger partial charge is 0.266 e. The summed E-state index contributed by atoms with van der Waals surface area (Å²) in [6.45, 7) is 2.21. The number of aryl methyl sites for hydroxylation is 1. The lowest BCUT2D eigenvalue weighted by Crippen LogP contribution is -2.07. The van der Waals surface area contributed by atoms with Crippen molar-refractivity contribution in [2.75, 3.05) is 18.6 Å². The van der Waals surface area contributed by atoms with Crippen LogP contribution in [-0.4, -0.2) is 27.0 Å². The van der Waals surface area contributed by atoms with Crippen molar-refractivity contribution in [3.63, 3.8) is 0 Å². The fourth-order valence-corrected chi connectivity index (χ4v) is 3.79. The minimum Gasteiger partial charge on any atom is -0.266 e. The van der Waals surface area contributed by atoms with Crippen LogP contribution in [0.2, 0.25) is 0 Å². The highest BCUT2D eigenvalue weighted by molar-refractivity contribution is 7.98. The van der Waals surface area contributed by atoms with Crippen LogP contribution in [0.15, 0.2) is 29.2 Å². The van der Waals surface area contributed by atoms with E-state index in [9.17, 15) is 8.42 Å². The summed E-state index contributed by atoms with van der Waals surface area (Å²) in [5.41, 5.74) is 1.04. The molecule has 0 heterocycles. The van der Waals surface area contributed by atoms with Gasteiger partial charge in [-0.3, -0.25) is 4.18 Å². The molecule has 0 atom stereocenters. The molecule has 1 aromatic carbocycles. The van der Waals surface area contributed by atoms with E-state index in [1.807, 2.05) is 18.7 Å². The van der Waals surface area contributed by atoms with Crippen molar-refractivity contribution in [1.29, 1.82) is 0 Å². The van der Waals surface area contributed by atoms with Crippen molar-refractivity contribution in [1.82, 2.24) is 0 Å². The lowest BCUT2D eigenvalue weighted by atomic mass is 10.1. The van der Waals surface area contributed by atoms with Crippen molar-refractivity contribution < 1.29 is 12.6 Å². The molecule has 132 valence electrons. The summed E-state index contributed by atoms with van der Waals surface area (Å²) < 4.78 is 29.1. The van der Waals surface area contributed by atoms with Crippen molar-refractivity contribution in [2.45, 2.75) is 63.2 Å². The molecule has 1 rings (SSSR count). The van der Waals surface area contributed by atoms with E-state index >= 15 is 0 Å². The van der Waals surface area contributed by atoms with Gasteiger partial charge in [0.15, 0.2) is 0 Å². The minimum absolute atomic E-state index is 0.244. The van der Waals surface area contributed by atoms with Crippen LogP contribution in [0, 0.1) is 6.92 Å². The highest BCUT2D eigenvalue weighted by Crippen LogP contribution is 2.14. The average Bonchev–Trinajstić information content (AvgIpc) is 2.53. The average molecular weight is 359 g/mol. The third kappa shape index (κ3) is 9.38. The number of benzene rings is 1. The monoisotopic (exact) mass is 358 g/mol. The Labute approximate surface area is 146 Å². The normalized spacial score (nSPS) is 11.7. The van der Waals surface area contributed by atoms with E-state index in [0.717, 1.165) is 24.8 Å². The first-order valence-corrected chi connectivity index (χ1v) is 11.3. The predicted octanol–water partition coefficient (Wildman–Crippen LogP) is 5.18. The van der Waals surface area contributed by atoms with Gasteiger partial charge in [-0.2, -0.15) is 20.2 Å². The van der Waals surface area contributed by atoms with E-state index in [1.54, 1.807) is 24.3 Å². The van der Waals surface area contributed by atoms with Gasteiger partial charge in [0.25, 0.3) is 10.1 Å². The summed E-state index contributed by atoms with van der Waals surface area (Å²) in [4.78, 5) is 0.244. The molecule has 5 heteroatoms. The summed E-state index contributed by atoms with van der Waals surface area (Å²) in [6, 6.07) is 6.77. The van der Waals surface area contributed by atoms with Crippen molar-refractivity contribution in [3.8, 4) is 0 Å². The lowest BCUT2D eigenvalue weighted by molar-refractivity contribution is 0.306. The SMILES string of the molecule is CSCCCCCCCCCCOS(=O)(=O)c1ccc(C)cc1. The van der Waals surface area contributed by atoms with Gasteiger partial charge in [0.1, 0.15) is 0 Å². The Balaban J connectivity index is 2.05. The summed E-state index contributed by atoms with van der Waals surface area (Å²) in [5.74, 6) is 1.27. The minimum atomic E-state index is -3.59. The van der Waals surface area contributed by atoms with Gasteiger partial charge in [0.2, 0.25) is 0 Å². The zero-order valence-corrected chi connectivity index (χ0v) is 16.1. The van der Waals surface area contributed by atoms with Gasteiger partial charge in [-0.1, -0.05) is 56.2 Å². The molecule has 0 saturated carbocycles. The molecule has 0 saturated heterocycles. The Morgan fingerprint density at radius 2 is 1.39 bits per heavy atom. The maximum absolute atomic E-state index is 12.0. The van der Waals surface area contributed by atoms with Crippen LogP contribution < -0.4 is 0 Å². The Kier molecular flexibility index (Phi) is 10.6. The highest BCUT2D eigenvalue weighted by atomic mass is 32.2. The first-order valence-electron chi connectivity index (χ1n) is 8.51. The molecule has 1 aromatic rings. The second kappa shape index (κ2) is 11.9. The summed E-state index contributed by atoms with van der Waals surface area (Å²) in [7, 11) is -3.59. The van der Waals surface area contributed by atoms with Crippen LogP contribution in [0.1, 0.15) is 56.9 Å². The van der Waals surface area contributed by atoms with E-state index in [-0.39, 0.29) is 11.5 Å². The molecule has 0 aliphatic heterocycles. The molecule has 0 spiro atoms. The number of hydrogen-bond donors (Lipinski definition) is 0. The van der Waals surface area contributed by atoms with Crippen LogP contribution in [0.3, 0.4) is 0 Å². The summed E-state index contributed by atoms with van der Waals surface area (Å²) in [6.07, 6.45) is 11.7. The highest BCUT2D eigenvalue weighted by Gasteiger charge is 2.14. The van der Waals surface area contributed by atoms with Crippen molar-refractivity contribution in [2.24, 2.45) is 0 Å². The van der Waals surface area contributed by atoms with Crippen LogP contribution in [0.5, 0.6) is 0 Å². The van der Waals surface area contributed by atoms with Crippen molar-refractivity contribution in [3.05, 3.63) is 29.8 Å². The van der Waals surface area contributed by atoms with Crippen molar-refractivity contribution >= 4 is 21.9 Å². The van der Waals surface area contributed by atoms with Gasteiger partial charge in [-0.25, -0.2) is 0 Å². The van der Waals surface area contributed by atoms with E-state index in [1.165, 1.54) is 37.9 Å². The molecule has 3 nitrogen and oxygen atoms in total. The fraction of sp³-hybridized carbons (Fsp3) is 0.667. The van der Waals surface area contributed by atoms with Gasteiger partial charge < -0.3 is 0 Å². The molecule has 0 N–H and O–H groups in total. The Bertz CT molecular complexity index is 510. The maximum Gasteiger partial charge on any atom is 0.296 e. The van der Waals surface area contributed by atoms with E-state index in [0.29, 0.717) is 0 Å². The standard InChI is InChI=1S/C18H30O3S2/c1-17-11-13-18(14-12-17)23(19,20)21-15-9-7-5-3-4-6-8-10-16-22-2/h11-14H,3-10,15-16H2,1-2H3. The lowest BCUT2D eigenvalue weighted by Gasteiger charge is -2.06. The first-order chi connectivity index (χ1) is 11.1. The van der Waals surface area contributed by atoms with Gasteiger partial charge in [0.05, 0.1) is 11.5 Å². The molecule has 23 heavy (non-hydrogen) atoms. The van der Waals surface area contributed by atoms with E-state index in [2.05, 4.69) is 6.26 Å². The van der Waals surface area contributed by atoms with Gasteiger partial charge >= 0.3 is 0 Å². The van der Waals surface area contributed by atoms with Gasteiger partial charge in [-0.05, 0) is 43.9 Å². The number of unbranched alkanes of at least 4 members (excludes halogenated alkanes) is 7. The zero-order valence-electron chi connectivity index (χ0n) is 14.4. The Hall–Kier alpha value is -0.520. The molecule has 0 amide bonds. The Morgan fingerprint density at radius 3 is 1.96 bits per heavy atom. The Morgan fingerprint density at radius 1 is 0.870 bits per heavy atom. The topological polar surface area (TPSA) is 43.4 Å². The van der Waals surface area contributed by atoms with Crippen LogP contribution in [0.25, 0.3) is 0 Å². The second-order valence-electron chi connectivity index (χ2n) is 5.91. The summed E-state index contributed by atoms with van der Waals surface area (Å²) >= 11 is 1.92. The van der Waals surface area contributed by atoms with Gasteiger partial charge in [0, 0.05) is 0 Å². The van der Waals surface area contributed by atoms with E-state index in [4.69, 9.17) is 4.18 Å². The third-order valence-corrected chi connectivity index (χ3v) is 5.81. The van der Waals surface area contributed by atoms with Gasteiger partial charge in [-0.15, -0.1) is 0 Å². The molecule has 0 aliphatic carbocycles. The van der Waals surface area contributed by atoms with Crippen LogP contribution >= 0.6 is 11.8 Å². The maximum atomic E-state index is 12.0. The zero-order chi connectivity index (χ0) is 17.0. The number of rotatable bonds is 13. The van der Waals surface area contributed by atoms with Crippen LogP contribution in [0.4, 0.5) is 0 Å². The molecule has 0 aromatic heterocycles. The second-order valence-corrected chi connectivity index (χ2v) is 8.51. The quantitative estimate of drug-likeness (QED) is 0.360. The molecule has 0 unspecified atom stereocenters.